The highest BCUT2D eigenvalue weighted by Gasteiger charge is 2.11. The quantitative estimate of drug-likeness (QED) is 0.862. The van der Waals surface area contributed by atoms with Crippen LogP contribution in [0, 0.1) is 0 Å². The molecule has 1 aromatic carbocycles. The lowest BCUT2D eigenvalue weighted by Crippen LogP contribution is -2.19. The van der Waals surface area contributed by atoms with Gasteiger partial charge in [0, 0.05) is 23.0 Å². The van der Waals surface area contributed by atoms with Crippen molar-refractivity contribution in [3.05, 3.63) is 46.7 Å². The van der Waals surface area contributed by atoms with Gasteiger partial charge in [-0.2, -0.15) is 0 Å². The minimum absolute atomic E-state index is 0.274. The molecule has 2 rings (SSSR count). The molecule has 2 N–H and O–H groups in total. The van der Waals surface area contributed by atoms with Crippen molar-refractivity contribution in [1.82, 2.24) is 4.72 Å². The first-order chi connectivity index (χ1) is 9.51. The monoisotopic (exact) mass is 310 g/mol. The first kappa shape index (κ1) is 15.0. The van der Waals surface area contributed by atoms with Crippen LogP contribution >= 0.6 is 11.3 Å². The van der Waals surface area contributed by atoms with Crippen LogP contribution in [0.4, 0.5) is 5.69 Å². The Kier molecular flexibility index (Phi) is 4.80. The van der Waals surface area contributed by atoms with Gasteiger partial charge in [0.1, 0.15) is 0 Å². The summed E-state index contributed by atoms with van der Waals surface area (Å²) in [5.41, 5.74) is 0.920. The Hall–Kier alpha value is -1.37. The molecule has 0 spiro atoms. The molecule has 1 aromatic heterocycles. The average Bonchev–Trinajstić information content (AvgIpc) is 2.92. The van der Waals surface area contributed by atoms with Crippen LogP contribution in [0.15, 0.2) is 46.7 Å². The van der Waals surface area contributed by atoms with Crippen LogP contribution in [-0.2, 0) is 16.4 Å². The van der Waals surface area contributed by atoms with Gasteiger partial charge in [-0.05, 0) is 49.7 Å². The molecule has 0 radical (unpaired) electrons. The van der Waals surface area contributed by atoms with Gasteiger partial charge < -0.3 is 5.32 Å². The normalized spacial score (nSPS) is 13.1. The van der Waals surface area contributed by atoms with E-state index in [1.165, 1.54) is 11.9 Å². The largest absolute Gasteiger partial charge is 0.382 e. The molecule has 1 unspecified atom stereocenters. The maximum absolute atomic E-state index is 11.6. The molecule has 0 fully saturated rings. The molecule has 0 amide bonds. The van der Waals surface area contributed by atoms with E-state index in [-0.39, 0.29) is 4.90 Å². The standard InChI is InChI=1S/C14H18N2O2S2/c1-11(10-13-4-3-9-19-13)16-12-5-7-14(8-6-12)20(17,18)15-2/h3-9,11,15-16H,10H2,1-2H3. The van der Waals surface area contributed by atoms with Gasteiger partial charge in [-0.3, -0.25) is 0 Å². The third-order valence-electron chi connectivity index (χ3n) is 2.93. The van der Waals surface area contributed by atoms with E-state index in [9.17, 15) is 8.42 Å². The van der Waals surface area contributed by atoms with E-state index in [4.69, 9.17) is 0 Å². The van der Waals surface area contributed by atoms with Gasteiger partial charge >= 0.3 is 0 Å². The molecule has 0 saturated heterocycles. The fraction of sp³-hybridized carbons (Fsp3) is 0.286. The predicted octanol–water partition coefficient (Wildman–Crippen LogP) is 2.70. The van der Waals surface area contributed by atoms with Gasteiger partial charge in [0.2, 0.25) is 10.0 Å². The fourth-order valence-corrected chi connectivity index (χ4v) is 3.48. The molecule has 108 valence electrons. The van der Waals surface area contributed by atoms with Crippen molar-refractivity contribution in [3.8, 4) is 0 Å². The fourth-order valence-electron chi connectivity index (χ4n) is 1.91. The van der Waals surface area contributed by atoms with E-state index in [0.717, 1.165) is 12.1 Å². The van der Waals surface area contributed by atoms with Gasteiger partial charge in [-0.15, -0.1) is 11.3 Å². The highest BCUT2D eigenvalue weighted by Crippen LogP contribution is 2.17. The summed E-state index contributed by atoms with van der Waals surface area (Å²) in [4.78, 5) is 1.61. The van der Waals surface area contributed by atoms with Crippen molar-refractivity contribution in [3.63, 3.8) is 0 Å². The molecular formula is C14H18N2O2S2. The van der Waals surface area contributed by atoms with E-state index in [0.29, 0.717) is 6.04 Å². The molecule has 1 heterocycles. The van der Waals surface area contributed by atoms with Crippen molar-refractivity contribution in [2.24, 2.45) is 0 Å². The third-order valence-corrected chi connectivity index (χ3v) is 5.26. The van der Waals surface area contributed by atoms with Crippen molar-refractivity contribution < 1.29 is 8.42 Å². The van der Waals surface area contributed by atoms with Gasteiger partial charge in [0.25, 0.3) is 0 Å². The number of sulfonamides is 1. The summed E-state index contributed by atoms with van der Waals surface area (Å²) in [5, 5.41) is 5.44. The van der Waals surface area contributed by atoms with Gasteiger partial charge in [0.05, 0.1) is 4.90 Å². The molecule has 1 atom stereocenters. The van der Waals surface area contributed by atoms with Crippen LogP contribution in [-0.4, -0.2) is 21.5 Å². The molecule has 0 saturated carbocycles. The Bertz CT molecular complexity index is 634. The summed E-state index contributed by atoms with van der Waals surface area (Å²) >= 11 is 1.74. The highest BCUT2D eigenvalue weighted by molar-refractivity contribution is 7.89. The van der Waals surface area contributed by atoms with Crippen molar-refractivity contribution in [1.29, 1.82) is 0 Å². The molecule has 20 heavy (non-hydrogen) atoms. The Morgan fingerprint density at radius 3 is 2.45 bits per heavy atom. The zero-order valence-corrected chi connectivity index (χ0v) is 13.1. The SMILES string of the molecule is CNS(=O)(=O)c1ccc(NC(C)Cc2cccs2)cc1. The number of benzene rings is 1. The van der Waals surface area contributed by atoms with Crippen LogP contribution in [0.1, 0.15) is 11.8 Å². The van der Waals surface area contributed by atoms with E-state index in [1.54, 1.807) is 35.6 Å². The van der Waals surface area contributed by atoms with E-state index >= 15 is 0 Å². The lowest BCUT2D eigenvalue weighted by Gasteiger charge is -2.14. The third kappa shape index (κ3) is 3.82. The summed E-state index contributed by atoms with van der Waals surface area (Å²) in [5.74, 6) is 0. The summed E-state index contributed by atoms with van der Waals surface area (Å²) in [6.07, 6.45) is 0.953. The van der Waals surface area contributed by atoms with Crippen molar-refractivity contribution in [2.75, 3.05) is 12.4 Å². The highest BCUT2D eigenvalue weighted by atomic mass is 32.2. The summed E-state index contributed by atoms with van der Waals surface area (Å²) in [6.45, 7) is 2.11. The number of nitrogens with one attached hydrogen (secondary N) is 2. The number of hydrogen-bond acceptors (Lipinski definition) is 4. The Morgan fingerprint density at radius 2 is 1.90 bits per heavy atom. The maximum atomic E-state index is 11.6. The zero-order valence-electron chi connectivity index (χ0n) is 11.5. The molecule has 0 aliphatic carbocycles. The molecule has 0 bridgehead atoms. The van der Waals surface area contributed by atoms with Crippen molar-refractivity contribution in [2.45, 2.75) is 24.3 Å². The Labute approximate surface area is 123 Å². The Balaban J connectivity index is 2.00. The number of thiophene rings is 1. The lowest BCUT2D eigenvalue weighted by atomic mass is 10.2. The first-order valence-corrected chi connectivity index (χ1v) is 8.70. The van der Waals surface area contributed by atoms with Crippen LogP contribution in [0.5, 0.6) is 0 Å². The number of rotatable bonds is 6. The second kappa shape index (κ2) is 6.39. The lowest BCUT2D eigenvalue weighted by molar-refractivity contribution is 0.588. The zero-order chi connectivity index (χ0) is 14.6. The summed E-state index contributed by atoms with van der Waals surface area (Å²) in [6, 6.07) is 11.2. The molecule has 6 heteroatoms. The van der Waals surface area contributed by atoms with Gasteiger partial charge in [-0.25, -0.2) is 13.1 Å². The molecule has 2 aromatic rings. The minimum Gasteiger partial charge on any atom is -0.382 e. The smallest absolute Gasteiger partial charge is 0.240 e. The number of hydrogen-bond donors (Lipinski definition) is 2. The van der Waals surface area contributed by atoms with Crippen molar-refractivity contribution >= 4 is 27.0 Å². The van der Waals surface area contributed by atoms with Crippen LogP contribution in [0.3, 0.4) is 0 Å². The average molecular weight is 310 g/mol. The molecule has 4 nitrogen and oxygen atoms in total. The first-order valence-electron chi connectivity index (χ1n) is 6.34. The number of anilines is 1. The maximum Gasteiger partial charge on any atom is 0.240 e. The second-order valence-electron chi connectivity index (χ2n) is 4.56. The summed E-state index contributed by atoms with van der Waals surface area (Å²) in [7, 11) is -1.95. The summed E-state index contributed by atoms with van der Waals surface area (Å²) < 4.78 is 25.5. The topological polar surface area (TPSA) is 58.2 Å². The van der Waals surface area contributed by atoms with Crippen LogP contribution < -0.4 is 10.0 Å². The second-order valence-corrected chi connectivity index (χ2v) is 7.48. The van der Waals surface area contributed by atoms with Gasteiger partial charge in [-0.1, -0.05) is 6.07 Å². The van der Waals surface area contributed by atoms with Crippen LogP contribution in [0.2, 0.25) is 0 Å². The minimum atomic E-state index is -3.36. The molecule has 0 aliphatic heterocycles. The van der Waals surface area contributed by atoms with E-state index in [2.05, 4.69) is 28.4 Å². The van der Waals surface area contributed by atoms with E-state index < -0.39 is 10.0 Å². The molecule has 0 aliphatic rings. The van der Waals surface area contributed by atoms with Gasteiger partial charge in [0.15, 0.2) is 0 Å². The Morgan fingerprint density at radius 1 is 1.20 bits per heavy atom. The van der Waals surface area contributed by atoms with E-state index in [1.807, 2.05) is 6.07 Å². The molecular weight excluding hydrogens is 292 g/mol. The van der Waals surface area contributed by atoms with Crippen LogP contribution in [0.25, 0.3) is 0 Å². The predicted molar refractivity (Wildman–Crippen MR) is 83.8 cm³/mol.